The van der Waals surface area contributed by atoms with Crippen LogP contribution in [0.2, 0.25) is 0 Å². The van der Waals surface area contributed by atoms with E-state index in [1.165, 1.54) is 11.3 Å². The lowest BCUT2D eigenvalue weighted by Gasteiger charge is -2.65. The third kappa shape index (κ3) is 1.80. The number of fused-ring (bicyclic) bond motifs is 1. The van der Waals surface area contributed by atoms with Crippen molar-refractivity contribution >= 4 is 5.69 Å². The van der Waals surface area contributed by atoms with E-state index in [-0.39, 0.29) is 22.8 Å². The average Bonchev–Trinajstić information content (AvgIpc) is 3.23. The Bertz CT molecular complexity index is 838. The van der Waals surface area contributed by atoms with Gasteiger partial charge in [-0.25, -0.2) is 0 Å². The molecule has 0 amide bonds. The fourth-order valence-corrected chi connectivity index (χ4v) is 7.94. The minimum atomic E-state index is -0.731. The maximum atomic E-state index is 12.3. The molecular formula is C24H34N2O2. The molecule has 1 N–H and O–H groups in total. The number of hydrogen-bond donors (Lipinski definition) is 1. The van der Waals surface area contributed by atoms with Crippen molar-refractivity contribution < 1.29 is 9.84 Å². The number of anilines is 1. The highest BCUT2D eigenvalue weighted by Crippen LogP contribution is 2.68. The van der Waals surface area contributed by atoms with Gasteiger partial charge in [0, 0.05) is 42.2 Å². The van der Waals surface area contributed by atoms with E-state index in [2.05, 4.69) is 68.0 Å². The van der Waals surface area contributed by atoms with Gasteiger partial charge in [0.25, 0.3) is 0 Å². The Balaban J connectivity index is 1.83. The van der Waals surface area contributed by atoms with Crippen molar-refractivity contribution in [3.63, 3.8) is 0 Å². The normalized spacial score (nSPS) is 43.6. The van der Waals surface area contributed by atoms with E-state index in [9.17, 15) is 5.11 Å². The molecule has 4 nitrogen and oxygen atoms in total. The molecule has 6 atom stereocenters. The molecule has 1 aromatic carbocycles. The Kier molecular flexibility index (Phi) is 3.81. The van der Waals surface area contributed by atoms with E-state index >= 15 is 0 Å². The SMILES string of the molecule is CCC1(O)[C@H](C)[C@]2(CC)C=CCN3CC[C@@]4(c5ccc(OC)cc5N(C)[C@@H]14)C32. The van der Waals surface area contributed by atoms with Crippen molar-refractivity contribution in [3.8, 4) is 5.75 Å². The first kappa shape index (κ1) is 18.5. The quantitative estimate of drug-likeness (QED) is 0.811. The molecule has 1 saturated carbocycles. The van der Waals surface area contributed by atoms with Gasteiger partial charge in [-0.3, -0.25) is 4.90 Å². The largest absolute Gasteiger partial charge is 0.497 e. The molecule has 28 heavy (non-hydrogen) atoms. The third-order valence-corrected chi connectivity index (χ3v) is 9.11. The molecule has 3 aliphatic heterocycles. The zero-order valence-corrected chi connectivity index (χ0v) is 17.9. The van der Waals surface area contributed by atoms with E-state index in [4.69, 9.17) is 4.74 Å². The Morgan fingerprint density at radius 3 is 2.68 bits per heavy atom. The minimum Gasteiger partial charge on any atom is -0.497 e. The molecule has 0 aromatic heterocycles. The molecule has 4 heteroatoms. The van der Waals surface area contributed by atoms with Crippen LogP contribution in [-0.4, -0.2) is 54.9 Å². The lowest BCUT2D eigenvalue weighted by Crippen LogP contribution is -2.75. The van der Waals surface area contributed by atoms with Crippen molar-refractivity contribution in [2.45, 2.75) is 63.1 Å². The molecule has 1 saturated heterocycles. The fraction of sp³-hybridized carbons (Fsp3) is 0.667. The van der Waals surface area contributed by atoms with Crippen LogP contribution in [0.3, 0.4) is 0 Å². The van der Waals surface area contributed by atoms with Crippen LogP contribution in [-0.2, 0) is 5.41 Å². The van der Waals surface area contributed by atoms with Crippen molar-refractivity contribution in [1.82, 2.24) is 4.90 Å². The highest BCUT2D eigenvalue weighted by Gasteiger charge is 2.74. The summed E-state index contributed by atoms with van der Waals surface area (Å²) in [5.74, 6) is 1.10. The van der Waals surface area contributed by atoms with E-state index in [1.807, 2.05) is 0 Å². The molecule has 0 radical (unpaired) electrons. The number of aliphatic hydroxyl groups is 1. The van der Waals surface area contributed by atoms with Gasteiger partial charge in [-0.1, -0.05) is 39.0 Å². The van der Waals surface area contributed by atoms with Crippen LogP contribution in [0.4, 0.5) is 5.69 Å². The highest BCUT2D eigenvalue weighted by atomic mass is 16.5. The first-order chi connectivity index (χ1) is 13.4. The summed E-state index contributed by atoms with van der Waals surface area (Å²) >= 11 is 0. The Labute approximate surface area is 169 Å². The molecule has 1 spiro atoms. The van der Waals surface area contributed by atoms with Crippen LogP contribution in [0.15, 0.2) is 30.4 Å². The third-order valence-electron chi connectivity index (χ3n) is 9.11. The number of nitrogens with zero attached hydrogens (tertiary/aromatic N) is 2. The molecule has 1 aromatic rings. The lowest BCUT2D eigenvalue weighted by atomic mass is 9.45. The predicted octanol–water partition coefficient (Wildman–Crippen LogP) is 3.58. The second-order valence-corrected chi connectivity index (χ2v) is 9.52. The van der Waals surface area contributed by atoms with Crippen LogP contribution in [0.1, 0.15) is 45.6 Å². The predicted molar refractivity (Wildman–Crippen MR) is 113 cm³/mol. The van der Waals surface area contributed by atoms with Gasteiger partial charge in [0.15, 0.2) is 0 Å². The summed E-state index contributed by atoms with van der Waals surface area (Å²) in [5, 5.41) is 12.3. The zero-order valence-electron chi connectivity index (χ0n) is 17.9. The summed E-state index contributed by atoms with van der Waals surface area (Å²) in [6.07, 6.45) is 7.80. The van der Waals surface area contributed by atoms with Crippen molar-refractivity contribution in [2.75, 3.05) is 32.1 Å². The Morgan fingerprint density at radius 2 is 2.00 bits per heavy atom. The summed E-state index contributed by atoms with van der Waals surface area (Å²) < 4.78 is 5.55. The van der Waals surface area contributed by atoms with Crippen LogP contribution < -0.4 is 9.64 Å². The number of ether oxygens (including phenoxy) is 1. The topological polar surface area (TPSA) is 35.9 Å². The average molecular weight is 383 g/mol. The first-order valence-corrected chi connectivity index (χ1v) is 11.0. The summed E-state index contributed by atoms with van der Waals surface area (Å²) in [7, 11) is 3.92. The second kappa shape index (κ2) is 5.76. The Hall–Kier alpha value is -1.52. The smallest absolute Gasteiger partial charge is 0.120 e. The molecule has 3 heterocycles. The maximum Gasteiger partial charge on any atom is 0.120 e. The number of benzene rings is 1. The molecule has 4 aliphatic rings. The van der Waals surface area contributed by atoms with Gasteiger partial charge in [0.1, 0.15) is 5.75 Å². The van der Waals surface area contributed by atoms with Crippen molar-refractivity contribution in [3.05, 3.63) is 35.9 Å². The molecule has 152 valence electrons. The minimum absolute atomic E-state index is 0.0123. The van der Waals surface area contributed by atoms with E-state index in [1.54, 1.807) is 7.11 Å². The van der Waals surface area contributed by atoms with E-state index < -0.39 is 5.60 Å². The van der Waals surface area contributed by atoms with Gasteiger partial charge < -0.3 is 14.7 Å². The van der Waals surface area contributed by atoms with Crippen LogP contribution in [0.25, 0.3) is 0 Å². The molecule has 1 aliphatic carbocycles. The number of hydrogen-bond acceptors (Lipinski definition) is 4. The number of methoxy groups -OCH3 is 1. The second-order valence-electron chi connectivity index (χ2n) is 9.52. The zero-order chi connectivity index (χ0) is 19.9. The summed E-state index contributed by atoms with van der Waals surface area (Å²) in [6.45, 7) is 8.94. The number of likely N-dealkylation sites (N-methyl/N-ethyl adjacent to an activating group) is 1. The van der Waals surface area contributed by atoms with Gasteiger partial charge in [-0.05, 0) is 43.4 Å². The fourth-order valence-electron chi connectivity index (χ4n) is 7.94. The van der Waals surface area contributed by atoms with Gasteiger partial charge in [-0.15, -0.1) is 0 Å². The maximum absolute atomic E-state index is 12.3. The standard InChI is InChI=1S/C24H34N2O2/c1-6-22-11-8-13-26-14-12-23(20(22)26)18-10-9-17(28-5)15-19(18)25(4)21(23)24(27,7-2)16(22)3/h8-11,15-16,20-21,27H,6-7,12-14H2,1-5H3/t16-,20?,21-,22+,23-,24?/m1/s1. The van der Waals surface area contributed by atoms with Crippen molar-refractivity contribution in [1.29, 1.82) is 0 Å². The first-order valence-electron chi connectivity index (χ1n) is 11.0. The molecular weight excluding hydrogens is 348 g/mol. The lowest BCUT2D eigenvalue weighted by molar-refractivity contribution is -0.157. The van der Waals surface area contributed by atoms with E-state index in [0.717, 1.165) is 38.1 Å². The summed E-state index contributed by atoms with van der Waals surface area (Å²) in [5.41, 5.74) is 1.91. The molecule has 2 unspecified atom stereocenters. The summed E-state index contributed by atoms with van der Waals surface area (Å²) in [6, 6.07) is 7.13. The molecule has 0 bridgehead atoms. The van der Waals surface area contributed by atoms with Gasteiger partial charge >= 0.3 is 0 Å². The Morgan fingerprint density at radius 1 is 1.21 bits per heavy atom. The van der Waals surface area contributed by atoms with Gasteiger partial charge in [0.2, 0.25) is 0 Å². The van der Waals surface area contributed by atoms with Crippen molar-refractivity contribution in [2.24, 2.45) is 11.3 Å². The molecule has 5 rings (SSSR count). The van der Waals surface area contributed by atoms with Crippen LogP contribution in [0.5, 0.6) is 5.75 Å². The molecule has 2 fully saturated rings. The van der Waals surface area contributed by atoms with Crippen LogP contribution in [0, 0.1) is 11.3 Å². The highest BCUT2D eigenvalue weighted by molar-refractivity contribution is 5.69. The van der Waals surface area contributed by atoms with E-state index in [0.29, 0.717) is 6.04 Å². The summed E-state index contributed by atoms with van der Waals surface area (Å²) in [4.78, 5) is 5.09. The van der Waals surface area contributed by atoms with Crippen LogP contribution >= 0.6 is 0 Å². The monoisotopic (exact) mass is 382 g/mol. The van der Waals surface area contributed by atoms with Gasteiger partial charge in [-0.2, -0.15) is 0 Å². The van der Waals surface area contributed by atoms with Gasteiger partial charge in [0.05, 0.1) is 18.8 Å². The number of rotatable bonds is 3.